The lowest BCUT2D eigenvalue weighted by Gasteiger charge is -2.06. The van der Waals surface area contributed by atoms with Crippen molar-refractivity contribution in [3.05, 3.63) is 65.0 Å². The number of nitrogens with zero attached hydrogens (tertiary/aromatic N) is 1. The van der Waals surface area contributed by atoms with Crippen LogP contribution in [0.1, 0.15) is 41.0 Å². The highest BCUT2D eigenvalue weighted by atomic mass is 16.1. The summed E-state index contributed by atoms with van der Waals surface area (Å²) in [5.41, 5.74) is 3.99. The van der Waals surface area contributed by atoms with Gasteiger partial charge in [0.25, 0.3) is 0 Å². The molecule has 0 saturated heterocycles. The zero-order valence-corrected chi connectivity index (χ0v) is 11.5. The molecule has 0 bridgehead atoms. The number of aromatic nitrogens is 1. The molecule has 0 fully saturated rings. The molecule has 1 aromatic heterocycles. The van der Waals surface area contributed by atoms with Crippen molar-refractivity contribution in [2.45, 2.75) is 33.1 Å². The van der Waals surface area contributed by atoms with Crippen molar-refractivity contribution in [3.8, 4) is 0 Å². The highest BCUT2D eigenvalue weighted by Gasteiger charge is 2.12. The third-order valence-electron chi connectivity index (χ3n) is 3.33. The van der Waals surface area contributed by atoms with Gasteiger partial charge in [-0.2, -0.15) is 0 Å². The zero-order valence-electron chi connectivity index (χ0n) is 11.5. The summed E-state index contributed by atoms with van der Waals surface area (Å²) in [5, 5.41) is 0. The third-order valence-corrected chi connectivity index (χ3v) is 3.33. The molecular weight excluding hydrogens is 234 g/mol. The minimum atomic E-state index is 0.0988. The SMILES string of the molecule is CCc1ccc(CC(=O)c2ncccc2CC)cc1. The van der Waals surface area contributed by atoms with Gasteiger partial charge < -0.3 is 0 Å². The van der Waals surface area contributed by atoms with Crippen LogP contribution in [-0.4, -0.2) is 10.8 Å². The Morgan fingerprint density at radius 1 is 1.00 bits per heavy atom. The Labute approximate surface area is 114 Å². The highest BCUT2D eigenvalue weighted by molar-refractivity contribution is 5.97. The number of carbonyl (C=O) groups excluding carboxylic acids is 1. The number of pyridine rings is 1. The quantitative estimate of drug-likeness (QED) is 0.762. The monoisotopic (exact) mass is 253 g/mol. The van der Waals surface area contributed by atoms with E-state index in [1.54, 1.807) is 6.20 Å². The van der Waals surface area contributed by atoms with Crippen LogP contribution in [-0.2, 0) is 19.3 Å². The van der Waals surface area contributed by atoms with Crippen molar-refractivity contribution in [3.63, 3.8) is 0 Å². The van der Waals surface area contributed by atoms with Gasteiger partial charge in [0.2, 0.25) is 0 Å². The summed E-state index contributed by atoms with van der Waals surface area (Å²) in [5.74, 6) is 0.0988. The second-order valence-corrected chi connectivity index (χ2v) is 4.63. The number of hydrogen-bond donors (Lipinski definition) is 0. The van der Waals surface area contributed by atoms with Crippen LogP contribution < -0.4 is 0 Å². The molecule has 1 heterocycles. The summed E-state index contributed by atoms with van der Waals surface area (Å²) in [4.78, 5) is 16.5. The Bertz CT molecular complexity index is 558. The summed E-state index contributed by atoms with van der Waals surface area (Å²) in [6.45, 7) is 4.17. The Hall–Kier alpha value is -1.96. The molecule has 0 saturated carbocycles. The smallest absolute Gasteiger partial charge is 0.185 e. The number of benzene rings is 1. The lowest BCUT2D eigenvalue weighted by atomic mass is 10.0. The molecule has 2 aromatic rings. The second-order valence-electron chi connectivity index (χ2n) is 4.63. The summed E-state index contributed by atoms with van der Waals surface area (Å²) in [6, 6.07) is 12.1. The maximum Gasteiger partial charge on any atom is 0.185 e. The topological polar surface area (TPSA) is 30.0 Å². The van der Waals surface area contributed by atoms with E-state index >= 15 is 0 Å². The van der Waals surface area contributed by atoms with Crippen molar-refractivity contribution >= 4 is 5.78 Å². The molecule has 0 aliphatic carbocycles. The Kier molecular flexibility index (Phi) is 4.45. The Balaban J connectivity index is 2.16. The van der Waals surface area contributed by atoms with Gasteiger partial charge in [-0.15, -0.1) is 0 Å². The average molecular weight is 253 g/mol. The first-order valence-electron chi connectivity index (χ1n) is 6.79. The summed E-state index contributed by atoms with van der Waals surface area (Å²) in [6.07, 6.45) is 3.97. The molecule has 0 radical (unpaired) electrons. The van der Waals surface area contributed by atoms with Crippen LogP contribution in [0.15, 0.2) is 42.6 Å². The van der Waals surface area contributed by atoms with Crippen LogP contribution in [0, 0.1) is 0 Å². The largest absolute Gasteiger partial charge is 0.292 e. The summed E-state index contributed by atoms with van der Waals surface area (Å²) >= 11 is 0. The molecule has 1 aromatic carbocycles. The van der Waals surface area contributed by atoms with Gasteiger partial charge in [0, 0.05) is 12.6 Å². The number of ketones is 1. The molecule has 0 spiro atoms. The fraction of sp³-hybridized carbons (Fsp3) is 0.294. The number of carbonyl (C=O) groups is 1. The minimum absolute atomic E-state index is 0.0988. The van der Waals surface area contributed by atoms with Crippen LogP contribution >= 0.6 is 0 Å². The molecule has 0 atom stereocenters. The van der Waals surface area contributed by atoms with Crippen LogP contribution in [0.2, 0.25) is 0 Å². The average Bonchev–Trinajstić information content (AvgIpc) is 2.48. The molecule has 0 N–H and O–H groups in total. The van der Waals surface area contributed by atoms with Crippen LogP contribution in [0.25, 0.3) is 0 Å². The molecule has 0 amide bonds. The Morgan fingerprint density at radius 3 is 2.32 bits per heavy atom. The molecular formula is C17H19NO. The van der Waals surface area contributed by atoms with E-state index in [-0.39, 0.29) is 5.78 Å². The van der Waals surface area contributed by atoms with Gasteiger partial charge in [0.05, 0.1) is 0 Å². The van der Waals surface area contributed by atoms with Crippen LogP contribution in [0.3, 0.4) is 0 Å². The van der Waals surface area contributed by atoms with Gasteiger partial charge in [-0.25, -0.2) is 0 Å². The van der Waals surface area contributed by atoms with Gasteiger partial charge >= 0.3 is 0 Å². The predicted molar refractivity (Wildman–Crippen MR) is 77.5 cm³/mol. The van der Waals surface area contributed by atoms with Gasteiger partial charge in [-0.3, -0.25) is 9.78 Å². The van der Waals surface area contributed by atoms with E-state index in [1.165, 1.54) is 5.56 Å². The molecule has 0 aliphatic rings. The highest BCUT2D eigenvalue weighted by Crippen LogP contribution is 2.12. The molecule has 2 nitrogen and oxygen atoms in total. The normalized spacial score (nSPS) is 10.4. The van der Waals surface area contributed by atoms with Gasteiger partial charge in [0.1, 0.15) is 5.69 Å². The fourth-order valence-corrected chi connectivity index (χ4v) is 2.14. The predicted octanol–water partition coefficient (Wildman–Crippen LogP) is 3.63. The summed E-state index contributed by atoms with van der Waals surface area (Å²) < 4.78 is 0. The van der Waals surface area contributed by atoms with E-state index in [4.69, 9.17) is 0 Å². The van der Waals surface area contributed by atoms with E-state index in [0.717, 1.165) is 24.0 Å². The van der Waals surface area contributed by atoms with Crippen molar-refractivity contribution in [1.82, 2.24) is 4.98 Å². The lowest BCUT2D eigenvalue weighted by molar-refractivity contribution is 0.0987. The number of aryl methyl sites for hydroxylation is 2. The maximum atomic E-state index is 12.3. The number of rotatable bonds is 5. The van der Waals surface area contributed by atoms with Gasteiger partial charge in [-0.1, -0.05) is 44.2 Å². The maximum absolute atomic E-state index is 12.3. The van der Waals surface area contributed by atoms with E-state index in [2.05, 4.69) is 24.0 Å². The molecule has 2 heteroatoms. The Morgan fingerprint density at radius 2 is 1.68 bits per heavy atom. The van der Waals surface area contributed by atoms with Crippen molar-refractivity contribution in [2.75, 3.05) is 0 Å². The fourth-order valence-electron chi connectivity index (χ4n) is 2.14. The van der Waals surface area contributed by atoms with Crippen molar-refractivity contribution in [2.24, 2.45) is 0 Å². The molecule has 0 aliphatic heterocycles. The standard InChI is InChI=1S/C17H19NO/c1-3-13-7-9-14(10-8-13)12-16(19)17-15(4-2)6-5-11-18-17/h5-11H,3-4,12H2,1-2H3. The summed E-state index contributed by atoms with van der Waals surface area (Å²) in [7, 11) is 0. The number of hydrogen-bond acceptors (Lipinski definition) is 2. The number of Topliss-reactive ketones (excluding diaryl/α,β-unsaturated/α-hetero) is 1. The van der Waals surface area contributed by atoms with Gasteiger partial charge in [-0.05, 0) is 35.6 Å². The van der Waals surface area contributed by atoms with E-state index in [0.29, 0.717) is 12.1 Å². The van der Waals surface area contributed by atoms with E-state index in [9.17, 15) is 4.79 Å². The zero-order chi connectivity index (χ0) is 13.7. The lowest BCUT2D eigenvalue weighted by Crippen LogP contribution is -2.09. The van der Waals surface area contributed by atoms with Crippen molar-refractivity contribution in [1.29, 1.82) is 0 Å². The first-order chi connectivity index (χ1) is 9.24. The van der Waals surface area contributed by atoms with E-state index < -0.39 is 0 Å². The van der Waals surface area contributed by atoms with Gasteiger partial charge in [0.15, 0.2) is 5.78 Å². The molecule has 0 unspecified atom stereocenters. The van der Waals surface area contributed by atoms with Crippen molar-refractivity contribution < 1.29 is 4.79 Å². The molecule has 98 valence electrons. The molecule has 2 rings (SSSR count). The second kappa shape index (κ2) is 6.28. The third kappa shape index (κ3) is 3.28. The first kappa shape index (κ1) is 13.5. The van der Waals surface area contributed by atoms with Crippen LogP contribution in [0.4, 0.5) is 0 Å². The van der Waals surface area contributed by atoms with E-state index in [1.807, 2.05) is 31.2 Å². The van der Waals surface area contributed by atoms with Crippen LogP contribution in [0.5, 0.6) is 0 Å². The first-order valence-corrected chi connectivity index (χ1v) is 6.79. The molecule has 19 heavy (non-hydrogen) atoms. The minimum Gasteiger partial charge on any atom is -0.292 e.